The van der Waals surface area contributed by atoms with Crippen LogP contribution in [0.15, 0.2) is 18.5 Å². The zero-order valence-electron chi connectivity index (χ0n) is 11.6. The molecule has 0 unspecified atom stereocenters. The first-order chi connectivity index (χ1) is 9.30. The molecular weight excluding hydrogens is 260 g/mol. The van der Waals surface area contributed by atoms with Crippen LogP contribution < -0.4 is 0 Å². The van der Waals surface area contributed by atoms with E-state index in [0.29, 0.717) is 5.88 Å². The number of halogens is 1. The maximum absolute atomic E-state index is 6.00. The van der Waals surface area contributed by atoms with Crippen molar-refractivity contribution in [1.82, 2.24) is 19.4 Å². The lowest BCUT2D eigenvalue weighted by Crippen LogP contribution is -2.28. The number of pyridine rings is 1. The lowest BCUT2D eigenvalue weighted by atomic mass is 10.3. The zero-order valence-corrected chi connectivity index (χ0v) is 12.4. The van der Waals surface area contributed by atoms with Crippen molar-refractivity contribution in [3.8, 4) is 0 Å². The average Bonchev–Trinajstić information content (AvgIpc) is 2.81. The van der Waals surface area contributed by atoms with Crippen molar-refractivity contribution in [2.24, 2.45) is 0 Å². The summed E-state index contributed by atoms with van der Waals surface area (Å²) in [6.07, 6.45) is 4.79. The molecule has 0 spiro atoms. The van der Waals surface area contributed by atoms with Gasteiger partial charge in [-0.25, -0.2) is 4.98 Å². The second-order valence-corrected chi connectivity index (χ2v) is 4.88. The van der Waals surface area contributed by atoms with Crippen LogP contribution in [0.2, 0.25) is 0 Å². The maximum Gasteiger partial charge on any atom is 0.124 e. The van der Waals surface area contributed by atoms with Gasteiger partial charge in [-0.1, -0.05) is 13.8 Å². The summed E-state index contributed by atoms with van der Waals surface area (Å²) in [6, 6.07) is 2.01. The van der Waals surface area contributed by atoms with Gasteiger partial charge in [-0.05, 0) is 25.6 Å². The summed E-state index contributed by atoms with van der Waals surface area (Å²) in [5.41, 5.74) is 2.05. The number of rotatable bonds is 7. The van der Waals surface area contributed by atoms with E-state index in [1.165, 1.54) is 6.42 Å². The highest BCUT2D eigenvalue weighted by molar-refractivity contribution is 6.16. The molecule has 2 rings (SSSR count). The van der Waals surface area contributed by atoms with Crippen molar-refractivity contribution in [2.75, 3.05) is 19.6 Å². The lowest BCUT2D eigenvalue weighted by Gasteiger charge is -2.20. The van der Waals surface area contributed by atoms with E-state index in [4.69, 9.17) is 11.6 Å². The van der Waals surface area contributed by atoms with Crippen LogP contribution in [0.1, 0.15) is 26.1 Å². The molecule has 0 saturated heterocycles. The first kappa shape index (κ1) is 14.3. The SMILES string of the molecule is CCCN(CC)CCn1c(CCl)nc2cnccc21. The predicted octanol–water partition coefficient (Wildman–Crippen LogP) is 2.90. The second kappa shape index (κ2) is 6.87. The largest absolute Gasteiger partial charge is 0.326 e. The van der Waals surface area contributed by atoms with E-state index in [9.17, 15) is 0 Å². The number of aromatic nitrogens is 3. The zero-order chi connectivity index (χ0) is 13.7. The van der Waals surface area contributed by atoms with E-state index < -0.39 is 0 Å². The van der Waals surface area contributed by atoms with Gasteiger partial charge >= 0.3 is 0 Å². The van der Waals surface area contributed by atoms with Gasteiger partial charge in [0.2, 0.25) is 0 Å². The van der Waals surface area contributed by atoms with Crippen molar-refractivity contribution in [1.29, 1.82) is 0 Å². The monoisotopic (exact) mass is 280 g/mol. The Morgan fingerprint density at radius 2 is 2.16 bits per heavy atom. The molecule has 0 saturated carbocycles. The third kappa shape index (κ3) is 3.25. The molecule has 0 aliphatic heterocycles. The van der Waals surface area contributed by atoms with Crippen molar-refractivity contribution < 1.29 is 0 Å². The summed E-state index contributed by atoms with van der Waals surface area (Å²) in [7, 11) is 0. The third-order valence-corrected chi connectivity index (χ3v) is 3.62. The number of fused-ring (bicyclic) bond motifs is 1. The summed E-state index contributed by atoms with van der Waals surface area (Å²) >= 11 is 6.00. The number of hydrogen-bond acceptors (Lipinski definition) is 3. The highest BCUT2D eigenvalue weighted by atomic mass is 35.5. The molecule has 0 aliphatic rings. The van der Waals surface area contributed by atoms with Crippen molar-refractivity contribution in [3.63, 3.8) is 0 Å². The van der Waals surface area contributed by atoms with E-state index in [0.717, 1.165) is 43.0 Å². The van der Waals surface area contributed by atoms with Crippen LogP contribution in [-0.2, 0) is 12.4 Å². The minimum Gasteiger partial charge on any atom is -0.326 e. The number of alkyl halides is 1. The molecule has 0 aromatic carbocycles. The van der Waals surface area contributed by atoms with Crippen molar-refractivity contribution in [2.45, 2.75) is 32.7 Å². The second-order valence-electron chi connectivity index (χ2n) is 4.61. The van der Waals surface area contributed by atoms with Crippen LogP contribution >= 0.6 is 11.6 Å². The molecule has 0 fully saturated rings. The molecule has 0 N–H and O–H groups in total. The topological polar surface area (TPSA) is 34.0 Å². The van der Waals surface area contributed by atoms with Gasteiger partial charge in [0.15, 0.2) is 0 Å². The number of imidazole rings is 1. The van der Waals surface area contributed by atoms with E-state index in [2.05, 4.69) is 33.3 Å². The molecule has 104 valence electrons. The Morgan fingerprint density at radius 3 is 2.84 bits per heavy atom. The van der Waals surface area contributed by atoms with Gasteiger partial charge in [0.25, 0.3) is 0 Å². The molecule has 0 amide bonds. The Kier molecular flexibility index (Phi) is 5.16. The predicted molar refractivity (Wildman–Crippen MR) is 79.5 cm³/mol. The highest BCUT2D eigenvalue weighted by Gasteiger charge is 2.10. The van der Waals surface area contributed by atoms with Gasteiger partial charge in [0.05, 0.1) is 17.6 Å². The summed E-state index contributed by atoms with van der Waals surface area (Å²) in [5.74, 6) is 1.37. The van der Waals surface area contributed by atoms with E-state index in [1.807, 2.05) is 12.3 Å². The van der Waals surface area contributed by atoms with Crippen LogP contribution in [0.5, 0.6) is 0 Å². The Labute approximate surface area is 119 Å². The molecule has 19 heavy (non-hydrogen) atoms. The maximum atomic E-state index is 6.00. The summed E-state index contributed by atoms with van der Waals surface area (Å²) in [6.45, 7) is 8.59. The van der Waals surface area contributed by atoms with Crippen molar-refractivity contribution >= 4 is 22.6 Å². The van der Waals surface area contributed by atoms with E-state index in [-0.39, 0.29) is 0 Å². The summed E-state index contributed by atoms with van der Waals surface area (Å²) in [4.78, 5) is 11.1. The fourth-order valence-corrected chi connectivity index (χ4v) is 2.57. The molecule has 2 aromatic heterocycles. The Morgan fingerprint density at radius 1 is 1.32 bits per heavy atom. The van der Waals surface area contributed by atoms with Crippen LogP contribution in [0.4, 0.5) is 0 Å². The minimum atomic E-state index is 0.439. The first-order valence-corrected chi connectivity index (χ1v) is 7.41. The minimum absolute atomic E-state index is 0.439. The van der Waals surface area contributed by atoms with Gasteiger partial charge in [-0.15, -0.1) is 11.6 Å². The summed E-state index contributed by atoms with van der Waals surface area (Å²) in [5, 5.41) is 0. The lowest BCUT2D eigenvalue weighted by molar-refractivity contribution is 0.277. The van der Waals surface area contributed by atoms with Gasteiger partial charge in [0, 0.05) is 19.3 Å². The Bertz CT molecular complexity index is 523. The van der Waals surface area contributed by atoms with Crippen LogP contribution in [0, 0.1) is 0 Å². The highest BCUT2D eigenvalue weighted by Crippen LogP contribution is 2.16. The van der Waals surface area contributed by atoms with Crippen LogP contribution in [0.3, 0.4) is 0 Å². The van der Waals surface area contributed by atoms with E-state index in [1.54, 1.807) is 6.20 Å². The van der Waals surface area contributed by atoms with Crippen LogP contribution in [0.25, 0.3) is 11.0 Å². The summed E-state index contributed by atoms with van der Waals surface area (Å²) < 4.78 is 2.21. The molecule has 2 heterocycles. The van der Waals surface area contributed by atoms with Gasteiger partial charge < -0.3 is 9.47 Å². The first-order valence-electron chi connectivity index (χ1n) is 6.87. The van der Waals surface area contributed by atoms with Gasteiger partial charge in [0.1, 0.15) is 11.3 Å². The standard InChI is InChI=1S/C14H21ClN4/c1-3-7-18(4-2)8-9-19-13-5-6-16-11-12(13)17-14(19)10-15/h5-6,11H,3-4,7-10H2,1-2H3. The Balaban J connectivity index is 2.18. The fraction of sp³-hybridized carbons (Fsp3) is 0.571. The van der Waals surface area contributed by atoms with E-state index >= 15 is 0 Å². The molecule has 5 heteroatoms. The molecule has 0 aliphatic carbocycles. The van der Waals surface area contributed by atoms with Crippen molar-refractivity contribution in [3.05, 3.63) is 24.3 Å². The Hall–Kier alpha value is -1.13. The van der Waals surface area contributed by atoms with Gasteiger partial charge in [-0.2, -0.15) is 0 Å². The molecular formula is C14H21ClN4. The normalized spacial score (nSPS) is 11.6. The number of hydrogen-bond donors (Lipinski definition) is 0. The fourth-order valence-electron chi connectivity index (χ4n) is 2.37. The molecule has 0 bridgehead atoms. The van der Waals surface area contributed by atoms with Gasteiger partial charge in [-0.3, -0.25) is 4.98 Å². The van der Waals surface area contributed by atoms with Crippen LogP contribution in [-0.4, -0.2) is 39.1 Å². The molecule has 2 aromatic rings. The smallest absolute Gasteiger partial charge is 0.124 e. The quantitative estimate of drug-likeness (QED) is 0.732. The average molecular weight is 281 g/mol. The number of likely N-dealkylation sites (N-methyl/N-ethyl adjacent to an activating group) is 1. The molecule has 0 atom stereocenters. The third-order valence-electron chi connectivity index (χ3n) is 3.38. The molecule has 0 radical (unpaired) electrons. The molecule has 4 nitrogen and oxygen atoms in total. The number of nitrogens with zero attached hydrogens (tertiary/aromatic N) is 4.